The molecule has 2 heterocycles. The molecular formula is C14H13N3S. The topological polar surface area (TPSA) is 51.8 Å². The number of benzene rings is 1. The first-order chi connectivity index (χ1) is 8.84. The average molecular weight is 255 g/mol. The molecule has 90 valence electrons. The Hall–Kier alpha value is -1.78. The van der Waals surface area contributed by atoms with Crippen LogP contribution in [0.1, 0.15) is 16.6 Å². The fourth-order valence-electron chi connectivity index (χ4n) is 2.09. The molecule has 3 aromatic rings. The van der Waals surface area contributed by atoms with Crippen LogP contribution in [0, 0.1) is 0 Å². The van der Waals surface area contributed by atoms with Gasteiger partial charge in [-0.15, -0.1) is 11.3 Å². The summed E-state index contributed by atoms with van der Waals surface area (Å²) >= 11 is 1.63. The van der Waals surface area contributed by atoms with E-state index in [9.17, 15) is 0 Å². The summed E-state index contributed by atoms with van der Waals surface area (Å²) in [6, 6.07) is 10.1. The third kappa shape index (κ3) is 2.12. The van der Waals surface area contributed by atoms with Gasteiger partial charge in [0.1, 0.15) is 0 Å². The van der Waals surface area contributed by atoms with E-state index in [1.807, 2.05) is 36.1 Å². The van der Waals surface area contributed by atoms with Crippen LogP contribution in [0.5, 0.6) is 0 Å². The second-order valence-corrected chi connectivity index (χ2v) is 5.17. The zero-order chi connectivity index (χ0) is 12.4. The summed E-state index contributed by atoms with van der Waals surface area (Å²) in [6.07, 6.45) is 4.48. The van der Waals surface area contributed by atoms with Crippen LogP contribution in [0.2, 0.25) is 0 Å². The molecule has 1 atom stereocenters. The third-order valence-corrected chi connectivity index (χ3v) is 3.76. The Bertz CT molecular complexity index is 644. The van der Waals surface area contributed by atoms with Gasteiger partial charge in [-0.05, 0) is 11.5 Å². The molecule has 3 nitrogen and oxygen atoms in total. The number of pyridine rings is 1. The summed E-state index contributed by atoms with van der Waals surface area (Å²) in [4.78, 5) is 9.71. The second kappa shape index (κ2) is 4.84. The van der Waals surface area contributed by atoms with Crippen LogP contribution in [-0.4, -0.2) is 9.97 Å². The maximum atomic E-state index is 6.27. The smallest absolute Gasteiger partial charge is 0.0794 e. The van der Waals surface area contributed by atoms with Crippen molar-refractivity contribution < 1.29 is 0 Å². The van der Waals surface area contributed by atoms with Crippen molar-refractivity contribution in [2.24, 2.45) is 5.73 Å². The van der Waals surface area contributed by atoms with E-state index in [1.54, 1.807) is 11.3 Å². The lowest BCUT2D eigenvalue weighted by Crippen LogP contribution is -2.14. The van der Waals surface area contributed by atoms with Crippen molar-refractivity contribution in [3.05, 3.63) is 58.8 Å². The average Bonchev–Trinajstić information content (AvgIpc) is 2.91. The van der Waals surface area contributed by atoms with Crippen molar-refractivity contribution in [1.82, 2.24) is 9.97 Å². The summed E-state index contributed by atoms with van der Waals surface area (Å²) in [7, 11) is 0. The van der Waals surface area contributed by atoms with E-state index in [-0.39, 0.29) is 6.04 Å². The molecule has 0 saturated heterocycles. The first-order valence-corrected chi connectivity index (χ1v) is 6.69. The molecule has 0 radical (unpaired) electrons. The minimum atomic E-state index is -0.0865. The Labute approximate surface area is 109 Å². The van der Waals surface area contributed by atoms with Gasteiger partial charge < -0.3 is 5.73 Å². The summed E-state index contributed by atoms with van der Waals surface area (Å²) < 4.78 is 0. The van der Waals surface area contributed by atoms with Crippen molar-refractivity contribution in [2.45, 2.75) is 12.5 Å². The lowest BCUT2D eigenvalue weighted by molar-refractivity contribution is 0.710. The van der Waals surface area contributed by atoms with Crippen LogP contribution in [0.3, 0.4) is 0 Å². The van der Waals surface area contributed by atoms with Crippen molar-refractivity contribution in [3.63, 3.8) is 0 Å². The van der Waals surface area contributed by atoms with Gasteiger partial charge in [-0.1, -0.05) is 24.3 Å². The molecule has 0 spiro atoms. The van der Waals surface area contributed by atoms with E-state index in [1.165, 1.54) is 10.3 Å². The highest BCUT2D eigenvalue weighted by Crippen LogP contribution is 2.23. The predicted octanol–water partition coefficient (Wildman–Crippen LogP) is 2.93. The number of nitrogens with two attached hydrogens (primary N) is 1. The zero-order valence-corrected chi connectivity index (χ0v) is 10.6. The van der Waals surface area contributed by atoms with Crippen molar-refractivity contribution in [2.75, 3.05) is 0 Å². The van der Waals surface area contributed by atoms with Crippen LogP contribution in [0.15, 0.2) is 48.2 Å². The van der Waals surface area contributed by atoms with E-state index in [0.717, 1.165) is 17.5 Å². The monoisotopic (exact) mass is 255 g/mol. The van der Waals surface area contributed by atoms with Gasteiger partial charge in [0.2, 0.25) is 0 Å². The van der Waals surface area contributed by atoms with Crippen LogP contribution in [0.4, 0.5) is 0 Å². The predicted molar refractivity (Wildman–Crippen MR) is 74.5 cm³/mol. The molecule has 4 heteroatoms. The quantitative estimate of drug-likeness (QED) is 0.783. The minimum absolute atomic E-state index is 0.0865. The number of nitrogens with zero attached hydrogens (tertiary/aromatic N) is 2. The van der Waals surface area contributed by atoms with E-state index in [2.05, 4.69) is 22.1 Å². The Morgan fingerprint density at radius 1 is 1.22 bits per heavy atom. The van der Waals surface area contributed by atoms with Crippen LogP contribution in [-0.2, 0) is 6.42 Å². The van der Waals surface area contributed by atoms with Gasteiger partial charge >= 0.3 is 0 Å². The van der Waals surface area contributed by atoms with Crippen molar-refractivity contribution in [1.29, 1.82) is 0 Å². The summed E-state index contributed by atoms with van der Waals surface area (Å²) in [5, 5.41) is 2.32. The van der Waals surface area contributed by atoms with Crippen LogP contribution in [0.25, 0.3) is 10.8 Å². The standard InChI is InChI=1S/C14H13N3S/c15-13(7-11-8-16-9-18-11)14-12-4-2-1-3-10(12)5-6-17-14/h1-6,8-9,13H,7,15H2. The van der Waals surface area contributed by atoms with E-state index < -0.39 is 0 Å². The Morgan fingerprint density at radius 2 is 2.11 bits per heavy atom. The van der Waals surface area contributed by atoms with E-state index in [0.29, 0.717) is 0 Å². The molecule has 0 aliphatic heterocycles. The largest absolute Gasteiger partial charge is 0.322 e. The first kappa shape index (κ1) is 11.3. The maximum absolute atomic E-state index is 6.27. The molecule has 0 aliphatic rings. The van der Waals surface area contributed by atoms with Gasteiger partial charge in [-0.2, -0.15) is 0 Å². The van der Waals surface area contributed by atoms with E-state index >= 15 is 0 Å². The number of rotatable bonds is 3. The highest BCUT2D eigenvalue weighted by molar-refractivity contribution is 7.09. The molecule has 2 aromatic heterocycles. The molecule has 3 rings (SSSR count). The SMILES string of the molecule is NC(Cc1cncs1)c1nccc2ccccc12. The molecular weight excluding hydrogens is 242 g/mol. The number of thiazole rings is 1. The molecule has 0 bridgehead atoms. The number of hydrogen-bond acceptors (Lipinski definition) is 4. The van der Waals surface area contributed by atoms with Crippen LogP contribution < -0.4 is 5.73 Å². The maximum Gasteiger partial charge on any atom is 0.0794 e. The fraction of sp³-hybridized carbons (Fsp3) is 0.143. The Kier molecular flexibility index (Phi) is 3.04. The van der Waals surface area contributed by atoms with Crippen molar-refractivity contribution in [3.8, 4) is 0 Å². The van der Waals surface area contributed by atoms with Gasteiger partial charge in [-0.3, -0.25) is 9.97 Å². The first-order valence-electron chi connectivity index (χ1n) is 5.81. The Balaban J connectivity index is 1.98. The van der Waals surface area contributed by atoms with Crippen LogP contribution >= 0.6 is 11.3 Å². The summed E-state index contributed by atoms with van der Waals surface area (Å²) in [5.74, 6) is 0. The number of hydrogen-bond donors (Lipinski definition) is 1. The number of fused-ring (bicyclic) bond motifs is 1. The van der Waals surface area contributed by atoms with Gasteiger partial charge in [0.25, 0.3) is 0 Å². The number of aromatic nitrogens is 2. The van der Waals surface area contributed by atoms with Gasteiger partial charge in [-0.25, -0.2) is 0 Å². The Morgan fingerprint density at radius 3 is 2.94 bits per heavy atom. The molecule has 0 fully saturated rings. The fourth-order valence-corrected chi connectivity index (χ4v) is 2.75. The third-order valence-electron chi connectivity index (χ3n) is 2.96. The molecule has 18 heavy (non-hydrogen) atoms. The van der Waals surface area contributed by atoms with Gasteiger partial charge in [0.05, 0.1) is 17.2 Å². The lowest BCUT2D eigenvalue weighted by Gasteiger charge is -2.12. The molecule has 1 aromatic carbocycles. The summed E-state index contributed by atoms with van der Waals surface area (Å²) in [5.41, 5.74) is 9.06. The lowest BCUT2D eigenvalue weighted by atomic mass is 10.0. The van der Waals surface area contributed by atoms with E-state index in [4.69, 9.17) is 5.73 Å². The zero-order valence-electron chi connectivity index (χ0n) is 9.78. The molecule has 2 N–H and O–H groups in total. The highest BCUT2D eigenvalue weighted by atomic mass is 32.1. The van der Waals surface area contributed by atoms with Gasteiger partial charge in [0.15, 0.2) is 0 Å². The molecule has 1 unspecified atom stereocenters. The molecule has 0 saturated carbocycles. The molecule has 0 amide bonds. The summed E-state index contributed by atoms with van der Waals surface area (Å²) in [6.45, 7) is 0. The molecule has 0 aliphatic carbocycles. The van der Waals surface area contributed by atoms with Crippen molar-refractivity contribution >= 4 is 22.1 Å². The minimum Gasteiger partial charge on any atom is -0.322 e. The second-order valence-electron chi connectivity index (χ2n) is 4.20. The van der Waals surface area contributed by atoms with Gasteiger partial charge in [0, 0.05) is 29.1 Å². The normalized spacial score (nSPS) is 12.7. The highest BCUT2D eigenvalue weighted by Gasteiger charge is 2.12.